The van der Waals surface area contributed by atoms with Crippen molar-refractivity contribution in [3.05, 3.63) is 17.3 Å². The topological polar surface area (TPSA) is 74.3 Å². The Balaban J connectivity index is 2.81. The molecular formula is C11H19ClN4O2S. The van der Waals surface area contributed by atoms with Crippen LogP contribution in [-0.4, -0.2) is 52.0 Å². The first-order valence-electron chi connectivity index (χ1n) is 5.90. The molecule has 0 aliphatic rings. The zero-order valence-corrected chi connectivity index (χ0v) is 12.8. The summed E-state index contributed by atoms with van der Waals surface area (Å²) < 4.78 is 26.5. The van der Waals surface area contributed by atoms with Gasteiger partial charge in [0, 0.05) is 25.8 Å². The number of likely N-dealkylation sites (N-methyl/N-ethyl adjacent to an activating group) is 1. The van der Waals surface area contributed by atoms with Crippen molar-refractivity contribution in [2.24, 2.45) is 0 Å². The molecular weight excluding hydrogens is 288 g/mol. The number of sulfonamides is 1. The summed E-state index contributed by atoms with van der Waals surface area (Å²) in [5.74, 6) is 0.483. The van der Waals surface area contributed by atoms with Crippen molar-refractivity contribution in [3.63, 3.8) is 0 Å². The second kappa shape index (κ2) is 7.04. The molecule has 0 aliphatic heterocycles. The SMILES string of the molecule is CCNc1ncc(S(=O)(=O)NCCN(C)C)cc1Cl. The first-order chi connectivity index (χ1) is 8.86. The third kappa shape index (κ3) is 4.94. The smallest absolute Gasteiger partial charge is 0.242 e. The Labute approximate surface area is 119 Å². The molecule has 0 fully saturated rings. The molecule has 0 bridgehead atoms. The van der Waals surface area contributed by atoms with Gasteiger partial charge in [-0.25, -0.2) is 18.1 Å². The zero-order valence-electron chi connectivity index (χ0n) is 11.3. The molecule has 0 radical (unpaired) electrons. The van der Waals surface area contributed by atoms with Crippen LogP contribution in [0.5, 0.6) is 0 Å². The minimum atomic E-state index is -3.56. The van der Waals surface area contributed by atoms with E-state index in [1.165, 1.54) is 12.3 Å². The fourth-order valence-electron chi connectivity index (χ4n) is 1.35. The van der Waals surface area contributed by atoms with Crippen LogP contribution in [0.25, 0.3) is 0 Å². The average molecular weight is 307 g/mol. The van der Waals surface area contributed by atoms with E-state index >= 15 is 0 Å². The highest BCUT2D eigenvalue weighted by Gasteiger charge is 2.16. The van der Waals surface area contributed by atoms with E-state index in [0.717, 1.165) is 0 Å². The first kappa shape index (κ1) is 16.2. The lowest BCUT2D eigenvalue weighted by atomic mass is 10.4. The third-order valence-corrected chi connectivity index (χ3v) is 4.04. The summed E-state index contributed by atoms with van der Waals surface area (Å²) in [6.07, 6.45) is 1.29. The van der Waals surface area contributed by atoms with Crippen LogP contribution in [0.2, 0.25) is 5.02 Å². The van der Waals surface area contributed by atoms with E-state index in [1.807, 2.05) is 25.9 Å². The number of nitrogens with one attached hydrogen (secondary N) is 2. The van der Waals surface area contributed by atoms with Crippen LogP contribution in [0, 0.1) is 0 Å². The molecule has 6 nitrogen and oxygen atoms in total. The molecule has 0 spiro atoms. The molecule has 0 aromatic carbocycles. The summed E-state index contributed by atoms with van der Waals surface area (Å²) >= 11 is 5.97. The van der Waals surface area contributed by atoms with Gasteiger partial charge < -0.3 is 10.2 Å². The summed E-state index contributed by atoms with van der Waals surface area (Å²) in [4.78, 5) is 5.96. The van der Waals surface area contributed by atoms with Gasteiger partial charge in [0.1, 0.15) is 10.7 Å². The van der Waals surface area contributed by atoms with E-state index in [-0.39, 0.29) is 9.92 Å². The zero-order chi connectivity index (χ0) is 14.5. The fraction of sp³-hybridized carbons (Fsp3) is 0.545. The van der Waals surface area contributed by atoms with Crippen molar-refractivity contribution in [2.45, 2.75) is 11.8 Å². The van der Waals surface area contributed by atoms with Crippen LogP contribution in [0.1, 0.15) is 6.92 Å². The number of halogens is 1. The Morgan fingerprint density at radius 1 is 1.42 bits per heavy atom. The number of anilines is 1. The van der Waals surface area contributed by atoms with Crippen LogP contribution in [-0.2, 0) is 10.0 Å². The van der Waals surface area contributed by atoms with Crippen LogP contribution >= 0.6 is 11.6 Å². The Morgan fingerprint density at radius 3 is 2.63 bits per heavy atom. The maximum Gasteiger partial charge on any atom is 0.242 e. The molecule has 2 N–H and O–H groups in total. The summed E-state index contributed by atoms with van der Waals surface area (Å²) in [5.41, 5.74) is 0. The maximum atomic E-state index is 12.0. The van der Waals surface area contributed by atoms with Gasteiger partial charge in [0.25, 0.3) is 0 Å². The Morgan fingerprint density at radius 2 is 2.11 bits per heavy atom. The molecule has 8 heteroatoms. The second-order valence-electron chi connectivity index (χ2n) is 4.23. The highest BCUT2D eigenvalue weighted by molar-refractivity contribution is 7.89. The minimum absolute atomic E-state index is 0.0675. The number of hydrogen-bond acceptors (Lipinski definition) is 5. The van der Waals surface area contributed by atoms with Gasteiger partial charge in [0.05, 0.1) is 5.02 Å². The Hall–Kier alpha value is -0.890. The normalized spacial score (nSPS) is 11.8. The van der Waals surface area contributed by atoms with Crippen LogP contribution in [0.4, 0.5) is 5.82 Å². The van der Waals surface area contributed by atoms with Gasteiger partial charge in [0.15, 0.2) is 0 Å². The molecule has 1 heterocycles. The van der Waals surface area contributed by atoms with Crippen LogP contribution < -0.4 is 10.0 Å². The highest BCUT2D eigenvalue weighted by Crippen LogP contribution is 2.22. The van der Waals surface area contributed by atoms with Crippen molar-refractivity contribution >= 4 is 27.4 Å². The average Bonchev–Trinajstić information content (AvgIpc) is 2.31. The molecule has 1 aromatic rings. The molecule has 0 unspecified atom stereocenters. The predicted molar refractivity (Wildman–Crippen MR) is 77.2 cm³/mol. The van der Waals surface area contributed by atoms with Gasteiger partial charge in [-0.15, -0.1) is 0 Å². The molecule has 0 saturated heterocycles. The van der Waals surface area contributed by atoms with Crippen molar-refractivity contribution in [2.75, 3.05) is 39.0 Å². The second-order valence-corrected chi connectivity index (χ2v) is 6.41. The first-order valence-corrected chi connectivity index (χ1v) is 7.76. The number of rotatable bonds is 7. The molecule has 19 heavy (non-hydrogen) atoms. The summed E-state index contributed by atoms with van der Waals surface area (Å²) in [6, 6.07) is 1.39. The van der Waals surface area contributed by atoms with E-state index in [9.17, 15) is 8.42 Å². The van der Waals surface area contributed by atoms with Gasteiger partial charge in [-0.2, -0.15) is 0 Å². The minimum Gasteiger partial charge on any atom is -0.369 e. The van der Waals surface area contributed by atoms with Crippen molar-refractivity contribution in [3.8, 4) is 0 Å². The highest BCUT2D eigenvalue weighted by atomic mass is 35.5. The summed E-state index contributed by atoms with van der Waals surface area (Å²) in [5, 5.41) is 3.24. The van der Waals surface area contributed by atoms with Crippen molar-refractivity contribution in [1.82, 2.24) is 14.6 Å². The molecule has 108 valence electrons. The lowest BCUT2D eigenvalue weighted by Crippen LogP contribution is -2.31. The number of hydrogen-bond donors (Lipinski definition) is 2. The number of aromatic nitrogens is 1. The van der Waals surface area contributed by atoms with Crippen LogP contribution in [0.3, 0.4) is 0 Å². The Kier molecular flexibility index (Phi) is 5.99. The fourth-order valence-corrected chi connectivity index (χ4v) is 2.64. The number of nitrogens with zero attached hydrogens (tertiary/aromatic N) is 2. The third-order valence-electron chi connectivity index (χ3n) is 2.32. The Bertz CT molecular complexity index is 519. The van der Waals surface area contributed by atoms with Gasteiger partial charge in [-0.1, -0.05) is 11.6 Å². The molecule has 0 amide bonds. The molecule has 1 rings (SSSR count). The van der Waals surface area contributed by atoms with Crippen molar-refractivity contribution in [1.29, 1.82) is 0 Å². The molecule has 0 atom stereocenters. The standard InChI is InChI=1S/C11H19ClN4O2S/c1-4-13-11-10(12)7-9(8-14-11)19(17,18)15-5-6-16(2)3/h7-8,15H,4-6H2,1-3H3,(H,13,14). The van der Waals surface area contributed by atoms with Crippen LogP contribution in [0.15, 0.2) is 17.2 Å². The van der Waals surface area contributed by atoms with Crippen molar-refractivity contribution < 1.29 is 8.42 Å². The van der Waals surface area contributed by atoms with E-state index in [0.29, 0.717) is 25.5 Å². The molecule has 0 aliphatic carbocycles. The summed E-state index contributed by atoms with van der Waals surface area (Å²) in [7, 11) is 0.184. The van der Waals surface area contributed by atoms with E-state index in [2.05, 4.69) is 15.0 Å². The summed E-state index contributed by atoms with van der Waals surface area (Å²) in [6.45, 7) is 3.53. The van der Waals surface area contributed by atoms with Gasteiger partial charge in [-0.3, -0.25) is 0 Å². The van der Waals surface area contributed by atoms with Gasteiger partial charge in [-0.05, 0) is 27.1 Å². The molecule has 0 saturated carbocycles. The predicted octanol–water partition coefficient (Wildman–Crippen LogP) is 1.01. The largest absolute Gasteiger partial charge is 0.369 e. The lowest BCUT2D eigenvalue weighted by molar-refractivity contribution is 0.412. The van der Waals surface area contributed by atoms with E-state index in [4.69, 9.17) is 11.6 Å². The van der Waals surface area contributed by atoms with E-state index in [1.54, 1.807) is 0 Å². The maximum absolute atomic E-state index is 12.0. The van der Waals surface area contributed by atoms with Gasteiger partial charge in [0.2, 0.25) is 10.0 Å². The number of pyridine rings is 1. The lowest BCUT2D eigenvalue weighted by Gasteiger charge is -2.11. The van der Waals surface area contributed by atoms with Gasteiger partial charge >= 0.3 is 0 Å². The van der Waals surface area contributed by atoms with E-state index < -0.39 is 10.0 Å². The molecule has 1 aromatic heterocycles. The monoisotopic (exact) mass is 306 g/mol. The quantitative estimate of drug-likeness (QED) is 0.786.